The number of allylic oxidation sites excluding steroid dienone is 16. The van der Waals surface area contributed by atoms with Crippen LogP contribution in [0, 0.1) is 0 Å². The standard InChI is InChI=1S/C53H90NO8P/c1-6-8-10-12-14-16-18-20-22-24-25-26-27-28-29-30-32-34-36-38-40-42-44-46-53(56)62-51(50-61-63(57,58)60-48-47-54(3,4)5)49-59-52(55)45-43-41-39-37-35-33-31-23-21-19-17-15-13-11-9-7-2/h8,10,14,16,20,22-23,25-26,28-29,31-32,34,38,40,51H,6-7,9,11-13,15,17-19,21,24,27,30,33,35-37,39,41-50H2,1-5H3/p+1/b10-8-,16-14-,22-20-,26-25-,29-28-,31-23-,34-32-,40-38-. The Morgan fingerprint density at radius 2 is 0.921 bits per heavy atom. The van der Waals surface area contributed by atoms with E-state index in [9.17, 15) is 19.0 Å². The van der Waals surface area contributed by atoms with Crippen molar-refractivity contribution in [2.45, 2.75) is 180 Å². The summed E-state index contributed by atoms with van der Waals surface area (Å²) in [6, 6.07) is 0. The zero-order valence-corrected chi connectivity index (χ0v) is 41.4. The summed E-state index contributed by atoms with van der Waals surface area (Å²) in [4.78, 5) is 35.5. The van der Waals surface area contributed by atoms with Gasteiger partial charge in [-0.25, -0.2) is 4.57 Å². The summed E-state index contributed by atoms with van der Waals surface area (Å²) in [5.74, 6) is -0.885. The number of phosphoric ester groups is 1. The maximum atomic E-state index is 12.7. The van der Waals surface area contributed by atoms with Crippen molar-refractivity contribution in [3.8, 4) is 0 Å². The minimum atomic E-state index is -4.40. The molecule has 2 unspecified atom stereocenters. The molecular weight excluding hydrogens is 810 g/mol. The summed E-state index contributed by atoms with van der Waals surface area (Å²) in [5, 5.41) is 0. The number of esters is 2. The Hall–Kier alpha value is -3.07. The van der Waals surface area contributed by atoms with Crippen molar-refractivity contribution in [1.82, 2.24) is 0 Å². The van der Waals surface area contributed by atoms with E-state index < -0.39 is 32.5 Å². The molecule has 0 aliphatic carbocycles. The maximum Gasteiger partial charge on any atom is 0.472 e. The lowest BCUT2D eigenvalue weighted by atomic mass is 10.1. The van der Waals surface area contributed by atoms with E-state index in [1.165, 1.54) is 51.4 Å². The average molecular weight is 901 g/mol. The van der Waals surface area contributed by atoms with E-state index in [0.717, 1.165) is 77.0 Å². The Morgan fingerprint density at radius 1 is 0.508 bits per heavy atom. The van der Waals surface area contributed by atoms with Gasteiger partial charge in [0.25, 0.3) is 0 Å². The normalized spacial score (nSPS) is 14.3. The molecule has 0 saturated heterocycles. The molecule has 0 amide bonds. The molecule has 0 spiro atoms. The van der Waals surface area contributed by atoms with Crippen LogP contribution in [0.1, 0.15) is 174 Å². The van der Waals surface area contributed by atoms with E-state index >= 15 is 0 Å². The number of quaternary nitrogens is 1. The molecule has 0 aromatic rings. The summed E-state index contributed by atoms with van der Waals surface area (Å²) in [6.07, 6.45) is 58.9. The molecule has 360 valence electrons. The SMILES string of the molecule is CC/C=C\C/C=C\C/C=C\C/C=C\C/C=C\C/C=C\C/C=C\CCCC(=O)OC(COC(=O)CCCCCCC/C=C\CCCCCCCCC)COP(=O)(O)OCC[N+](C)(C)C. The number of phosphoric acid groups is 1. The fraction of sp³-hybridized carbons (Fsp3) is 0.660. The number of rotatable bonds is 43. The highest BCUT2D eigenvalue weighted by Crippen LogP contribution is 2.43. The zero-order chi connectivity index (χ0) is 46.4. The summed E-state index contributed by atoms with van der Waals surface area (Å²) >= 11 is 0. The first kappa shape index (κ1) is 59.9. The summed E-state index contributed by atoms with van der Waals surface area (Å²) in [5.41, 5.74) is 0. The molecule has 0 heterocycles. The molecule has 0 saturated carbocycles. The second-order valence-corrected chi connectivity index (χ2v) is 18.6. The summed E-state index contributed by atoms with van der Waals surface area (Å²) in [6.45, 7) is 4.22. The average Bonchev–Trinajstić information content (AvgIpc) is 3.24. The lowest BCUT2D eigenvalue weighted by molar-refractivity contribution is -0.870. The van der Waals surface area contributed by atoms with Crippen molar-refractivity contribution >= 4 is 19.8 Å². The van der Waals surface area contributed by atoms with E-state index in [-0.39, 0.29) is 26.1 Å². The van der Waals surface area contributed by atoms with Gasteiger partial charge in [-0.3, -0.25) is 18.6 Å². The molecule has 2 atom stereocenters. The second-order valence-electron chi connectivity index (χ2n) is 17.1. The number of hydrogen-bond donors (Lipinski definition) is 1. The third kappa shape index (κ3) is 48.2. The smallest absolute Gasteiger partial charge is 0.462 e. The number of unbranched alkanes of at least 4 members (excludes halogenated alkanes) is 13. The van der Waals surface area contributed by atoms with Crippen LogP contribution in [-0.2, 0) is 32.7 Å². The molecule has 9 nitrogen and oxygen atoms in total. The van der Waals surface area contributed by atoms with Crippen LogP contribution in [0.25, 0.3) is 0 Å². The highest BCUT2D eigenvalue weighted by atomic mass is 31.2. The predicted octanol–water partition coefficient (Wildman–Crippen LogP) is 14.5. The predicted molar refractivity (Wildman–Crippen MR) is 265 cm³/mol. The van der Waals surface area contributed by atoms with Crippen molar-refractivity contribution in [1.29, 1.82) is 0 Å². The van der Waals surface area contributed by atoms with E-state index in [4.69, 9.17) is 18.5 Å². The molecule has 0 fully saturated rings. The van der Waals surface area contributed by atoms with Gasteiger partial charge in [-0.1, -0.05) is 169 Å². The van der Waals surface area contributed by atoms with Crippen molar-refractivity contribution in [2.24, 2.45) is 0 Å². The molecule has 0 aromatic carbocycles. The second kappa shape index (κ2) is 44.1. The van der Waals surface area contributed by atoms with Gasteiger partial charge >= 0.3 is 19.8 Å². The highest BCUT2D eigenvalue weighted by molar-refractivity contribution is 7.47. The fourth-order valence-electron chi connectivity index (χ4n) is 6.06. The lowest BCUT2D eigenvalue weighted by Gasteiger charge is -2.24. The molecule has 0 aromatic heterocycles. The zero-order valence-electron chi connectivity index (χ0n) is 40.5. The molecule has 0 radical (unpaired) electrons. The van der Waals surface area contributed by atoms with Crippen LogP contribution >= 0.6 is 7.82 Å². The first-order valence-electron chi connectivity index (χ1n) is 24.5. The van der Waals surface area contributed by atoms with Crippen molar-refractivity contribution in [3.63, 3.8) is 0 Å². The number of carbonyl (C=O) groups is 2. The first-order valence-corrected chi connectivity index (χ1v) is 26.0. The van der Waals surface area contributed by atoms with Gasteiger partial charge in [-0.15, -0.1) is 0 Å². The Morgan fingerprint density at radius 3 is 1.41 bits per heavy atom. The Bertz CT molecular complexity index is 1390. The minimum Gasteiger partial charge on any atom is -0.462 e. The highest BCUT2D eigenvalue weighted by Gasteiger charge is 2.27. The number of nitrogens with zero attached hydrogens (tertiary/aromatic N) is 1. The number of ether oxygens (including phenoxy) is 2. The Kier molecular flexibility index (Phi) is 42.0. The van der Waals surface area contributed by atoms with Crippen LogP contribution in [-0.4, -0.2) is 74.9 Å². The van der Waals surface area contributed by atoms with E-state index in [2.05, 4.69) is 105 Å². The lowest BCUT2D eigenvalue weighted by Crippen LogP contribution is -2.37. The molecule has 1 N–H and O–H groups in total. The molecule has 0 rings (SSSR count). The van der Waals surface area contributed by atoms with Gasteiger partial charge in [0.1, 0.15) is 19.8 Å². The van der Waals surface area contributed by atoms with Crippen LogP contribution in [0.3, 0.4) is 0 Å². The molecular formula is C53H91NO8P+. The van der Waals surface area contributed by atoms with Gasteiger partial charge in [0.05, 0.1) is 27.7 Å². The third-order valence-electron chi connectivity index (χ3n) is 9.85. The van der Waals surface area contributed by atoms with Gasteiger partial charge < -0.3 is 18.9 Å². The van der Waals surface area contributed by atoms with Crippen LogP contribution in [0.5, 0.6) is 0 Å². The van der Waals surface area contributed by atoms with E-state index in [1.807, 2.05) is 27.2 Å². The van der Waals surface area contributed by atoms with Crippen LogP contribution < -0.4 is 0 Å². The molecule has 63 heavy (non-hydrogen) atoms. The van der Waals surface area contributed by atoms with Crippen molar-refractivity contribution in [3.05, 3.63) is 97.2 Å². The van der Waals surface area contributed by atoms with E-state index in [1.54, 1.807) is 0 Å². The first-order chi connectivity index (χ1) is 30.5. The fourth-order valence-corrected chi connectivity index (χ4v) is 6.80. The summed E-state index contributed by atoms with van der Waals surface area (Å²) in [7, 11) is 1.42. The maximum absolute atomic E-state index is 12.7. The van der Waals surface area contributed by atoms with Gasteiger partial charge in [0.15, 0.2) is 6.10 Å². The number of likely N-dealkylation sites (N-methyl/N-ethyl adjacent to an activating group) is 1. The minimum absolute atomic E-state index is 0.0142. The van der Waals surface area contributed by atoms with Crippen LogP contribution in [0.2, 0.25) is 0 Å². The molecule has 0 aliphatic rings. The summed E-state index contributed by atoms with van der Waals surface area (Å²) < 4.78 is 34.3. The molecule has 0 aliphatic heterocycles. The third-order valence-corrected chi connectivity index (χ3v) is 10.8. The van der Waals surface area contributed by atoms with Crippen molar-refractivity contribution in [2.75, 3.05) is 47.5 Å². The largest absolute Gasteiger partial charge is 0.472 e. The van der Waals surface area contributed by atoms with Crippen LogP contribution in [0.4, 0.5) is 0 Å². The van der Waals surface area contributed by atoms with Gasteiger partial charge in [-0.2, -0.15) is 0 Å². The number of hydrogen-bond acceptors (Lipinski definition) is 7. The van der Waals surface area contributed by atoms with E-state index in [0.29, 0.717) is 30.3 Å². The van der Waals surface area contributed by atoms with Gasteiger partial charge in [-0.05, 0) is 89.9 Å². The van der Waals surface area contributed by atoms with Crippen LogP contribution in [0.15, 0.2) is 97.2 Å². The monoisotopic (exact) mass is 901 g/mol. The number of carbonyl (C=O) groups excluding carboxylic acids is 2. The van der Waals surface area contributed by atoms with Gasteiger partial charge in [0.2, 0.25) is 0 Å². The topological polar surface area (TPSA) is 108 Å². The Balaban J connectivity index is 4.44. The van der Waals surface area contributed by atoms with Gasteiger partial charge in [0, 0.05) is 12.8 Å². The van der Waals surface area contributed by atoms with Crippen molar-refractivity contribution < 1.29 is 42.1 Å². The Labute approximate surface area is 385 Å². The molecule has 0 bridgehead atoms. The quantitative estimate of drug-likeness (QED) is 0.0212. The molecule has 10 heteroatoms.